The maximum absolute atomic E-state index is 13.0. The Morgan fingerprint density at radius 3 is 2.59 bits per heavy atom. The number of para-hydroxylation sites is 1. The number of ether oxygens (including phenoxy) is 2. The summed E-state index contributed by atoms with van der Waals surface area (Å²) in [7, 11) is 3.16. The van der Waals surface area contributed by atoms with Gasteiger partial charge in [0.25, 0.3) is 5.91 Å². The number of aromatic amines is 1. The number of H-pyrrole nitrogens is 1. The zero-order valence-corrected chi connectivity index (χ0v) is 19.1. The molecule has 2 aromatic carbocycles. The number of hydrogen-bond donors (Lipinski definition) is 2. The molecule has 176 valence electrons. The normalized spacial score (nSPS) is 17.6. The number of carbonyl (C=O) groups excluding carboxylic acids is 3. The summed E-state index contributed by atoms with van der Waals surface area (Å²) in [4.78, 5) is 44.4. The number of methoxy groups -OCH3 is 2. The molecular weight excluding hydrogens is 436 g/mol. The van der Waals surface area contributed by atoms with Crippen LogP contribution in [-0.2, 0) is 29.0 Å². The molecule has 34 heavy (non-hydrogen) atoms. The molecule has 0 unspecified atom stereocenters. The number of amides is 4. The molecule has 9 nitrogen and oxygen atoms in total. The van der Waals surface area contributed by atoms with Crippen LogP contribution in [0.4, 0.5) is 4.79 Å². The molecule has 3 heterocycles. The number of imide groups is 1. The van der Waals surface area contributed by atoms with Gasteiger partial charge in [0.1, 0.15) is 12.6 Å². The minimum Gasteiger partial charge on any atom is -0.493 e. The van der Waals surface area contributed by atoms with Crippen LogP contribution in [0.1, 0.15) is 16.7 Å². The number of nitrogens with one attached hydrogen (secondary N) is 2. The minimum atomic E-state index is -0.696. The molecule has 0 radical (unpaired) electrons. The summed E-state index contributed by atoms with van der Waals surface area (Å²) in [5, 5.41) is 3.74. The van der Waals surface area contributed by atoms with Crippen molar-refractivity contribution in [1.82, 2.24) is 20.1 Å². The molecule has 2 aliphatic rings. The molecule has 0 aliphatic carbocycles. The highest BCUT2D eigenvalue weighted by Crippen LogP contribution is 2.33. The van der Waals surface area contributed by atoms with Gasteiger partial charge in [0.05, 0.1) is 14.2 Å². The Hall–Kier alpha value is -4.01. The van der Waals surface area contributed by atoms with Gasteiger partial charge >= 0.3 is 6.03 Å². The van der Waals surface area contributed by atoms with Crippen LogP contribution < -0.4 is 14.8 Å². The fraction of sp³-hybridized carbons (Fsp3) is 0.320. The van der Waals surface area contributed by atoms with Gasteiger partial charge in [-0.3, -0.25) is 14.5 Å². The van der Waals surface area contributed by atoms with E-state index in [4.69, 9.17) is 9.47 Å². The standard InChI is InChI=1S/C25H26N4O5/c1-33-21-10-15-7-8-28(13-17(15)11-22(21)34-2)23(30)14-29-24(31)20(27-25(29)32)9-16-12-26-19-6-4-3-5-18(16)19/h3-6,10-12,20,26H,7-9,13-14H2,1-2H3,(H,27,32)/t20-/m1/s1. The number of hydrogen-bond acceptors (Lipinski definition) is 5. The van der Waals surface area contributed by atoms with Gasteiger partial charge in [0.15, 0.2) is 11.5 Å². The highest BCUT2D eigenvalue weighted by atomic mass is 16.5. The second-order valence-electron chi connectivity index (χ2n) is 8.53. The van der Waals surface area contributed by atoms with Crippen LogP contribution in [0.3, 0.4) is 0 Å². The van der Waals surface area contributed by atoms with E-state index in [-0.39, 0.29) is 18.4 Å². The van der Waals surface area contributed by atoms with Crippen molar-refractivity contribution in [2.24, 2.45) is 0 Å². The summed E-state index contributed by atoms with van der Waals surface area (Å²) in [6.07, 6.45) is 2.87. The van der Waals surface area contributed by atoms with Gasteiger partial charge in [-0.05, 0) is 41.3 Å². The number of fused-ring (bicyclic) bond motifs is 2. The van der Waals surface area contributed by atoms with Crippen LogP contribution in [0.25, 0.3) is 10.9 Å². The molecule has 4 amide bonds. The summed E-state index contributed by atoms with van der Waals surface area (Å²) in [6.45, 7) is 0.609. The monoisotopic (exact) mass is 462 g/mol. The number of rotatable bonds is 6. The number of benzene rings is 2. The van der Waals surface area contributed by atoms with Gasteiger partial charge in [0.2, 0.25) is 5.91 Å². The van der Waals surface area contributed by atoms with Crippen molar-refractivity contribution in [3.05, 3.63) is 59.3 Å². The molecule has 2 N–H and O–H groups in total. The zero-order valence-electron chi connectivity index (χ0n) is 19.1. The maximum Gasteiger partial charge on any atom is 0.325 e. The Bertz CT molecular complexity index is 1280. The minimum absolute atomic E-state index is 0.267. The number of carbonyl (C=O) groups is 3. The Balaban J connectivity index is 1.26. The molecule has 2 aliphatic heterocycles. The van der Waals surface area contributed by atoms with Crippen molar-refractivity contribution >= 4 is 28.7 Å². The molecule has 3 aromatic rings. The van der Waals surface area contributed by atoms with Crippen molar-refractivity contribution < 1.29 is 23.9 Å². The molecule has 1 fully saturated rings. The lowest BCUT2D eigenvalue weighted by Gasteiger charge is -2.30. The summed E-state index contributed by atoms with van der Waals surface area (Å²) in [6, 6.07) is 10.4. The number of nitrogens with zero attached hydrogens (tertiary/aromatic N) is 2. The molecule has 1 atom stereocenters. The highest BCUT2D eigenvalue weighted by Gasteiger charge is 2.40. The number of urea groups is 1. The molecule has 0 spiro atoms. The van der Waals surface area contributed by atoms with Crippen molar-refractivity contribution in [3.63, 3.8) is 0 Å². The first kappa shape index (κ1) is 21.8. The van der Waals surface area contributed by atoms with E-state index >= 15 is 0 Å². The first-order valence-corrected chi connectivity index (χ1v) is 11.2. The van der Waals surface area contributed by atoms with Crippen molar-refractivity contribution in [2.45, 2.75) is 25.4 Å². The molecule has 1 saturated heterocycles. The Labute approximate surface area is 196 Å². The summed E-state index contributed by atoms with van der Waals surface area (Å²) in [5.74, 6) is 0.607. The van der Waals surface area contributed by atoms with Gasteiger partial charge in [-0.25, -0.2) is 4.79 Å². The second kappa shape index (κ2) is 8.74. The van der Waals surface area contributed by atoms with Crippen LogP contribution >= 0.6 is 0 Å². The Morgan fingerprint density at radius 1 is 1.09 bits per heavy atom. The zero-order chi connectivity index (χ0) is 23.8. The summed E-state index contributed by atoms with van der Waals surface area (Å²) < 4.78 is 10.7. The van der Waals surface area contributed by atoms with E-state index in [2.05, 4.69) is 10.3 Å². The second-order valence-corrected chi connectivity index (χ2v) is 8.53. The average molecular weight is 463 g/mol. The largest absolute Gasteiger partial charge is 0.493 e. The topological polar surface area (TPSA) is 104 Å². The van der Waals surface area contributed by atoms with E-state index < -0.39 is 12.1 Å². The fourth-order valence-electron chi connectivity index (χ4n) is 4.72. The molecule has 0 bridgehead atoms. The van der Waals surface area contributed by atoms with Crippen LogP contribution in [0.15, 0.2) is 42.6 Å². The number of aromatic nitrogens is 1. The SMILES string of the molecule is COc1cc2c(cc1OC)CN(C(=O)CN1C(=O)N[C@H](Cc3c[nH]c4ccccc34)C1=O)CC2. The smallest absolute Gasteiger partial charge is 0.325 e. The van der Waals surface area contributed by atoms with Crippen LogP contribution in [0, 0.1) is 0 Å². The first-order chi connectivity index (χ1) is 16.5. The third kappa shape index (κ3) is 3.83. The van der Waals surface area contributed by atoms with Gasteiger partial charge < -0.3 is 24.7 Å². The first-order valence-electron chi connectivity index (χ1n) is 11.2. The maximum atomic E-state index is 13.0. The third-order valence-electron chi connectivity index (χ3n) is 6.57. The summed E-state index contributed by atoms with van der Waals surface area (Å²) >= 11 is 0. The summed E-state index contributed by atoms with van der Waals surface area (Å²) in [5.41, 5.74) is 3.97. The van der Waals surface area contributed by atoms with Crippen LogP contribution in [-0.4, -0.2) is 66.0 Å². The van der Waals surface area contributed by atoms with Gasteiger partial charge in [-0.2, -0.15) is 0 Å². The predicted octanol–water partition coefficient (Wildman–Crippen LogP) is 2.23. The third-order valence-corrected chi connectivity index (χ3v) is 6.57. The lowest BCUT2D eigenvalue weighted by Crippen LogP contribution is -2.45. The molecular formula is C25H26N4O5. The Morgan fingerprint density at radius 2 is 1.82 bits per heavy atom. The van der Waals surface area contributed by atoms with E-state index in [1.165, 1.54) is 0 Å². The predicted molar refractivity (Wildman–Crippen MR) is 125 cm³/mol. The highest BCUT2D eigenvalue weighted by molar-refractivity contribution is 6.06. The van der Waals surface area contributed by atoms with Crippen LogP contribution in [0.2, 0.25) is 0 Å². The van der Waals surface area contributed by atoms with Crippen molar-refractivity contribution in [2.75, 3.05) is 27.3 Å². The Kier molecular flexibility index (Phi) is 5.61. The van der Waals surface area contributed by atoms with E-state index in [1.54, 1.807) is 19.1 Å². The van der Waals surface area contributed by atoms with Gasteiger partial charge in [-0.15, -0.1) is 0 Å². The van der Waals surface area contributed by atoms with E-state index in [0.717, 1.165) is 32.5 Å². The lowest BCUT2D eigenvalue weighted by molar-refractivity contribution is -0.138. The molecule has 1 aromatic heterocycles. The quantitative estimate of drug-likeness (QED) is 0.547. The molecule has 9 heteroatoms. The van der Waals surface area contributed by atoms with E-state index in [0.29, 0.717) is 37.4 Å². The van der Waals surface area contributed by atoms with Gasteiger partial charge in [0, 0.05) is 36.6 Å². The fourth-order valence-corrected chi connectivity index (χ4v) is 4.72. The van der Waals surface area contributed by atoms with Crippen LogP contribution in [0.5, 0.6) is 11.5 Å². The molecule has 5 rings (SSSR count). The van der Waals surface area contributed by atoms with E-state index in [1.807, 2.05) is 42.6 Å². The molecule has 0 saturated carbocycles. The lowest BCUT2D eigenvalue weighted by atomic mass is 9.98. The van der Waals surface area contributed by atoms with Crippen molar-refractivity contribution in [1.29, 1.82) is 0 Å². The van der Waals surface area contributed by atoms with Crippen molar-refractivity contribution in [3.8, 4) is 11.5 Å². The van der Waals surface area contributed by atoms with E-state index in [9.17, 15) is 14.4 Å². The van der Waals surface area contributed by atoms with Gasteiger partial charge in [-0.1, -0.05) is 18.2 Å². The average Bonchev–Trinajstić information content (AvgIpc) is 3.38.